The molecular weight excluding hydrogens is 200 g/mol. The Labute approximate surface area is 87.2 Å². The summed E-state index contributed by atoms with van der Waals surface area (Å²) in [6.45, 7) is 2.13. The molecule has 0 saturated carbocycles. The summed E-state index contributed by atoms with van der Waals surface area (Å²) in [5, 5.41) is 14.9. The topological polar surface area (TPSA) is 20.2 Å². The van der Waals surface area contributed by atoms with Crippen molar-refractivity contribution in [3.63, 3.8) is 0 Å². The van der Waals surface area contributed by atoms with Gasteiger partial charge in [-0.1, -0.05) is 6.92 Å². The maximum absolute atomic E-state index is 10.3. The normalized spacial score (nSPS) is 33.8. The van der Waals surface area contributed by atoms with E-state index in [1.807, 2.05) is 11.8 Å². The number of thiophene rings is 1. The molecule has 1 aromatic rings. The van der Waals surface area contributed by atoms with Gasteiger partial charge in [-0.2, -0.15) is 23.1 Å². The molecule has 2 unspecified atom stereocenters. The molecule has 72 valence electrons. The van der Waals surface area contributed by atoms with E-state index < -0.39 is 5.60 Å². The van der Waals surface area contributed by atoms with Gasteiger partial charge in [0.2, 0.25) is 0 Å². The van der Waals surface area contributed by atoms with Gasteiger partial charge in [-0.05, 0) is 34.6 Å². The van der Waals surface area contributed by atoms with Crippen molar-refractivity contribution in [3.05, 3.63) is 22.4 Å². The fourth-order valence-corrected chi connectivity index (χ4v) is 3.75. The third-order valence-corrected chi connectivity index (χ3v) is 4.86. The Morgan fingerprint density at radius 1 is 1.69 bits per heavy atom. The number of aliphatic hydroxyl groups is 1. The molecule has 1 aliphatic heterocycles. The molecule has 0 spiro atoms. The van der Waals surface area contributed by atoms with Crippen LogP contribution in [0.25, 0.3) is 0 Å². The van der Waals surface area contributed by atoms with Crippen molar-refractivity contribution in [2.24, 2.45) is 0 Å². The number of hydrogen-bond acceptors (Lipinski definition) is 3. The highest BCUT2D eigenvalue weighted by molar-refractivity contribution is 8.00. The van der Waals surface area contributed by atoms with Gasteiger partial charge in [0.1, 0.15) is 0 Å². The lowest BCUT2D eigenvalue weighted by Gasteiger charge is -2.26. The monoisotopic (exact) mass is 214 g/mol. The first kappa shape index (κ1) is 9.56. The van der Waals surface area contributed by atoms with Gasteiger partial charge in [-0.3, -0.25) is 0 Å². The maximum Gasteiger partial charge on any atom is 0.0811 e. The van der Waals surface area contributed by atoms with Crippen LogP contribution in [-0.2, 0) is 6.42 Å². The van der Waals surface area contributed by atoms with Gasteiger partial charge in [-0.25, -0.2) is 0 Å². The summed E-state index contributed by atoms with van der Waals surface area (Å²) in [4.78, 5) is 0. The molecule has 0 radical (unpaired) electrons. The second-order valence-corrected chi connectivity index (χ2v) is 5.90. The predicted octanol–water partition coefficient (Wildman–Crippen LogP) is 2.55. The maximum atomic E-state index is 10.3. The lowest BCUT2D eigenvalue weighted by atomic mass is 9.90. The Morgan fingerprint density at radius 2 is 2.54 bits per heavy atom. The lowest BCUT2D eigenvalue weighted by Crippen LogP contribution is -2.36. The van der Waals surface area contributed by atoms with Gasteiger partial charge in [0.05, 0.1) is 5.60 Å². The molecule has 1 fully saturated rings. The summed E-state index contributed by atoms with van der Waals surface area (Å²) in [5.74, 6) is 1.10. The highest BCUT2D eigenvalue weighted by Crippen LogP contribution is 2.38. The highest BCUT2D eigenvalue weighted by atomic mass is 32.2. The largest absolute Gasteiger partial charge is 0.388 e. The molecule has 1 nitrogen and oxygen atoms in total. The van der Waals surface area contributed by atoms with Crippen LogP contribution in [0.4, 0.5) is 0 Å². The minimum atomic E-state index is -0.453. The summed E-state index contributed by atoms with van der Waals surface area (Å²) < 4.78 is 0. The Balaban J connectivity index is 2.08. The summed E-state index contributed by atoms with van der Waals surface area (Å²) in [5.41, 5.74) is 0.827. The van der Waals surface area contributed by atoms with Crippen LogP contribution in [0, 0.1) is 0 Å². The van der Waals surface area contributed by atoms with Crippen molar-refractivity contribution in [1.29, 1.82) is 0 Å². The average Bonchev–Trinajstić information content (AvgIpc) is 2.65. The van der Waals surface area contributed by atoms with Crippen LogP contribution in [0.2, 0.25) is 0 Å². The van der Waals surface area contributed by atoms with Gasteiger partial charge in [-0.15, -0.1) is 0 Å². The number of hydrogen-bond donors (Lipinski definition) is 1. The van der Waals surface area contributed by atoms with E-state index >= 15 is 0 Å². The Morgan fingerprint density at radius 3 is 3.08 bits per heavy atom. The Bertz CT molecular complexity index is 270. The van der Waals surface area contributed by atoms with Gasteiger partial charge in [0.25, 0.3) is 0 Å². The summed E-state index contributed by atoms with van der Waals surface area (Å²) in [6, 6.07) is 2.11. The SMILES string of the molecule is CC1SCCC1(O)Cc1ccsc1. The minimum Gasteiger partial charge on any atom is -0.388 e. The van der Waals surface area contributed by atoms with E-state index in [2.05, 4.69) is 23.8 Å². The molecule has 0 bridgehead atoms. The first-order valence-corrected chi connectivity index (χ1v) is 6.55. The van der Waals surface area contributed by atoms with E-state index in [4.69, 9.17) is 0 Å². The molecule has 2 rings (SSSR count). The molecule has 0 aliphatic carbocycles. The zero-order chi connectivity index (χ0) is 9.31. The molecule has 0 amide bonds. The van der Waals surface area contributed by atoms with Crippen LogP contribution in [0.15, 0.2) is 16.8 Å². The van der Waals surface area contributed by atoms with Crippen LogP contribution in [0.5, 0.6) is 0 Å². The Kier molecular flexibility index (Phi) is 2.67. The van der Waals surface area contributed by atoms with Crippen molar-refractivity contribution in [2.75, 3.05) is 5.75 Å². The first-order valence-electron chi connectivity index (χ1n) is 4.56. The zero-order valence-electron chi connectivity index (χ0n) is 7.69. The average molecular weight is 214 g/mol. The molecule has 0 aromatic carbocycles. The van der Waals surface area contributed by atoms with E-state index in [9.17, 15) is 5.11 Å². The quantitative estimate of drug-likeness (QED) is 0.816. The molecule has 1 saturated heterocycles. The highest BCUT2D eigenvalue weighted by Gasteiger charge is 2.38. The van der Waals surface area contributed by atoms with E-state index in [0.29, 0.717) is 5.25 Å². The van der Waals surface area contributed by atoms with Crippen molar-refractivity contribution in [3.8, 4) is 0 Å². The van der Waals surface area contributed by atoms with Crippen LogP contribution in [0.1, 0.15) is 18.9 Å². The molecule has 1 aromatic heterocycles. The first-order chi connectivity index (χ1) is 6.21. The van der Waals surface area contributed by atoms with Crippen LogP contribution in [0.3, 0.4) is 0 Å². The van der Waals surface area contributed by atoms with Crippen molar-refractivity contribution < 1.29 is 5.11 Å². The Hall–Kier alpha value is 0.01000. The second kappa shape index (κ2) is 3.64. The van der Waals surface area contributed by atoms with E-state index in [-0.39, 0.29) is 0 Å². The van der Waals surface area contributed by atoms with E-state index in [1.54, 1.807) is 11.3 Å². The molecule has 13 heavy (non-hydrogen) atoms. The van der Waals surface area contributed by atoms with Crippen molar-refractivity contribution in [1.82, 2.24) is 0 Å². The number of rotatable bonds is 2. The van der Waals surface area contributed by atoms with Gasteiger partial charge in [0, 0.05) is 11.7 Å². The number of thioether (sulfide) groups is 1. The fourth-order valence-electron chi connectivity index (χ4n) is 1.75. The minimum absolute atomic E-state index is 0.382. The van der Waals surface area contributed by atoms with Crippen molar-refractivity contribution >= 4 is 23.1 Å². The molecule has 2 atom stereocenters. The van der Waals surface area contributed by atoms with Crippen LogP contribution in [-0.4, -0.2) is 21.7 Å². The third-order valence-electron chi connectivity index (χ3n) is 2.75. The summed E-state index contributed by atoms with van der Waals surface area (Å²) in [6.07, 6.45) is 1.76. The van der Waals surface area contributed by atoms with Crippen LogP contribution >= 0.6 is 23.1 Å². The van der Waals surface area contributed by atoms with Crippen molar-refractivity contribution in [2.45, 2.75) is 30.6 Å². The lowest BCUT2D eigenvalue weighted by molar-refractivity contribution is 0.0465. The molecule has 1 N–H and O–H groups in total. The zero-order valence-corrected chi connectivity index (χ0v) is 9.33. The fraction of sp³-hybridized carbons (Fsp3) is 0.600. The van der Waals surface area contributed by atoms with E-state index in [1.165, 1.54) is 5.56 Å². The standard InChI is InChI=1S/C10H14OS2/c1-8-10(11,3-5-13-8)6-9-2-4-12-7-9/h2,4,7-8,11H,3,5-6H2,1H3. The smallest absolute Gasteiger partial charge is 0.0811 e. The summed E-state index contributed by atoms with van der Waals surface area (Å²) in [7, 11) is 0. The van der Waals surface area contributed by atoms with Gasteiger partial charge < -0.3 is 5.11 Å². The van der Waals surface area contributed by atoms with Gasteiger partial charge >= 0.3 is 0 Å². The predicted molar refractivity (Wildman–Crippen MR) is 59.5 cm³/mol. The molecule has 2 heterocycles. The molecule has 1 aliphatic rings. The van der Waals surface area contributed by atoms with E-state index in [0.717, 1.165) is 18.6 Å². The molecule has 3 heteroatoms. The third kappa shape index (κ3) is 1.92. The molecular formula is C10H14OS2. The van der Waals surface area contributed by atoms with Crippen LogP contribution < -0.4 is 0 Å². The second-order valence-electron chi connectivity index (χ2n) is 3.67. The van der Waals surface area contributed by atoms with Gasteiger partial charge in [0.15, 0.2) is 0 Å². The summed E-state index contributed by atoms with van der Waals surface area (Å²) >= 11 is 3.58.